The molecule has 174 valence electrons. The van der Waals surface area contributed by atoms with Gasteiger partial charge in [0.1, 0.15) is 28.7 Å². The fraction of sp³-hybridized carbons (Fsp3) is 0.172. The third-order valence-electron chi connectivity index (χ3n) is 6.02. The number of phenols is 3. The summed E-state index contributed by atoms with van der Waals surface area (Å²) < 4.78 is 5.93. The molecule has 34 heavy (non-hydrogen) atoms. The monoisotopic (exact) mass is 455 g/mol. The molecule has 0 radical (unpaired) electrons. The molecule has 0 saturated heterocycles. The number of hydrogen-bond acceptors (Lipinski definition) is 5. The Kier molecular flexibility index (Phi) is 6.12. The molecule has 0 saturated carbocycles. The van der Waals surface area contributed by atoms with Crippen LogP contribution in [-0.4, -0.2) is 15.3 Å². The molecular formula is C29H29NO4. The van der Waals surface area contributed by atoms with Gasteiger partial charge in [-0.05, 0) is 117 Å². The van der Waals surface area contributed by atoms with Crippen LogP contribution >= 0.6 is 0 Å². The number of hydrogen-bond donors (Lipinski definition) is 3. The Morgan fingerprint density at radius 1 is 0.500 bits per heavy atom. The van der Waals surface area contributed by atoms with Crippen LogP contribution in [0.1, 0.15) is 27.8 Å². The minimum Gasteiger partial charge on any atom is -0.508 e. The van der Waals surface area contributed by atoms with Crippen molar-refractivity contribution in [3.8, 4) is 28.7 Å². The predicted octanol–water partition coefficient (Wildman–Crippen LogP) is 7.61. The van der Waals surface area contributed by atoms with Gasteiger partial charge in [0.05, 0.1) is 0 Å². The van der Waals surface area contributed by atoms with E-state index in [4.69, 9.17) is 4.74 Å². The molecule has 0 aliphatic rings. The SMILES string of the molecule is Cc1ccc(Oc2ccc(N(c3cc(C)c(O)cc3C)c3cc(C)c(O)cc3C)cc2)cc1O. The van der Waals surface area contributed by atoms with Gasteiger partial charge in [-0.15, -0.1) is 0 Å². The van der Waals surface area contributed by atoms with Crippen LogP contribution in [0.25, 0.3) is 0 Å². The molecule has 5 nitrogen and oxygen atoms in total. The summed E-state index contributed by atoms with van der Waals surface area (Å²) in [5.74, 6) is 1.90. The Morgan fingerprint density at radius 2 is 0.971 bits per heavy atom. The highest BCUT2D eigenvalue weighted by molar-refractivity contribution is 5.82. The molecule has 0 spiro atoms. The van der Waals surface area contributed by atoms with Gasteiger partial charge in [-0.1, -0.05) is 6.07 Å². The van der Waals surface area contributed by atoms with E-state index in [0.717, 1.165) is 44.9 Å². The van der Waals surface area contributed by atoms with E-state index in [0.29, 0.717) is 11.5 Å². The van der Waals surface area contributed by atoms with Crippen molar-refractivity contribution in [2.75, 3.05) is 4.90 Å². The number of rotatable bonds is 5. The van der Waals surface area contributed by atoms with Gasteiger partial charge in [-0.3, -0.25) is 0 Å². The summed E-state index contributed by atoms with van der Waals surface area (Å²) in [6.07, 6.45) is 0. The van der Waals surface area contributed by atoms with E-state index in [-0.39, 0.29) is 17.2 Å². The molecule has 0 unspecified atom stereocenters. The molecule has 4 aromatic carbocycles. The Hall–Kier alpha value is -4.12. The highest BCUT2D eigenvalue weighted by Gasteiger charge is 2.19. The molecule has 3 N–H and O–H groups in total. The number of aryl methyl sites for hydroxylation is 5. The number of phenolic OH excluding ortho intramolecular Hbond substituents is 3. The lowest BCUT2D eigenvalue weighted by Crippen LogP contribution is -2.13. The summed E-state index contributed by atoms with van der Waals surface area (Å²) >= 11 is 0. The lowest BCUT2D eigenvalue weighted by atomic mass is 10.0. The van der Waals surface area contributed by atoms with Crippen molar-refractivity contribution in [3.63, 3.8) is 0 Å². The fourth-order valence-electron chi connectivity index (χ4n) is 3.91. The molecule has 0 aromatic heterocycles. The van der Waals surface area contributed by atoms with Gasteiger partial charge >= 0.3 is 0 Å². The fourth-order valence-corrected chi connectivity index (χ4v) is 3.91. The normalized spacial score (nSPS) is 10.9. The summed E-state index contributed by atoms with van der Waals surface area (Å²) in [6, 6.07) is 20.4. The zero-order valence-electron chi connectivity index (χ0n) is 20.0. The molecular weight excluding hydrogens is 426 g/mol. The predicted molar refractivity (Wildman–Crippen MR) is 136 cm³/mol. The number of nitrogens with zero attached hydrogens (tertiary/aromatic N) is 1. The second kappa shape index (κ2) is 9.02. The molecule has 5 heteroatoms. The van der Waals surface area contributed by atoms with E-state index in [1.807, 2.05) is 83.1 Å². The Balaban J connectivity index is 1.79. The minimum absolute atomic E-state index is 0.191. The van der Waals surface area contributed by atoms with Crippen LogP contribution in [0.2, 0.25) is 0 Å². The van der Waals surface area contributed by atoms with E-state index >= 15 is 0 Å². The van der Waals surface area contributed by atoms with E-state index in [1.165, 1.54) is 0 Å². The quantitative estimate of drug-likeness (QED) is 0.289. The highest BCUT2D eigenvalue weighted by Crippen LogP contribution is 2.42. The van der Waals surface area contributed by atoms with Gasteiger partial charge < -0.3 is 25.0 Å². The summed E-state index contributed by atoms with van der Waals surface area (Å²) in [5, 5.41) is 30.4. The van der Waals surface area contributed by atoms with Gasteiger partial charge in [-0.25, -0.2) is 0 Å². The average Bonchev–Trinajstić information content (AvgIpc) is 2.79. The number of ether oxygens (including phenoxy) is 1. The molecule has 0 aliphatic carbocycles. The summed E-state index contributed by atoms with van der Waals surface area (Å²) in [4.78, 5) is 2.12. The molecule has 4 aromatic rings. The van der Waals surface area contributed by atoms with Crippen LogP contribution in [0, 0.1) is 34.6 Å². The van der Waals surface area contributed by atoms with E-state index in [1.54, 1.807) is 18.2 Å². The third-order valence-corrected chi connectivity index (χ3v) is 6.02. The van der Waals surface area contributed by atoms with E-state index in [2.05, 4.69) is 4.90 Å². The second-order valence-electron chi connectivity index (χ2n) is 8.73. The molecule has 0 fully saturated rings. The van der Waals surface area contributed by atoms with Crippen LogP contribution < -0.4 is 9.64 Å². The largest absolute Gasteiger partial charge is 0.508 e. The van der Waals surface area contributed by atoms with E-state index < -0.39 is 0 Å². The Morgan fingerprint density at radius 3 is 1.47 bits per heavy atom. The maximum Gasteiger partial charge on any atom is 0.131 e. The zero-order chi connectivity index (χ0) is 24.6. The molecule has 0 heterocycles. The maximum absolute atomic E-state index is 10.2. The lowest BCUT2D eigenvalue weighted by Gasteiger charge is -2.29. The van der Waals surface area contributed by atoms with Gasteiger partial charge in [0.25, 0.3) is 0 Å². The van der Waals surface area contributed by atoms with Crippen molar-refractivity contribution in [2.24, 2.45) is 0 Å². The summed E-state index contributed by atoms with van der Waals surface area (Å²) in [7, 11) is 0. The number of aromatic hydroxyl groups is 3. The average molecular weight is 456 g/mol. The first-order valence-electron chi connectivity index (χ1n) is 11.1. The minimum atomic E-state index is 0.191. The Bertz CT molecular complexity index is 1300. The first-order chi connectivity index (χ1) is 16.1. The smallest absolute Gasteiger partial charge is 0.131 e. The lowest BCUT2D eigenvalue weighted by molar-refractivity contribution is 0.452. The van der Waals surface area contributed by atoms with Gasteiger partial charge in [0.15, 0.2) is 0 Å². The highest BCUT2D eigenvalue weighted by atomic mass is 16.5. The van der Waals surface area contributed by atoms with Crippen LogP contribution in [0.15, 0.2) is 66.7 Å². The van der Waals surface area contributed by atoms with Crippen LogP contribution in [0.4, 0.5) is 17.1 Å². The number of benzene rings is 4. The Labute approximate surface area is 200 Å². The first kappa shape index (κ1) is 23.1. The molecule has 0 atom stereocenters. The van der Waals surface area contributed by atoms with Crippen LogP contribution in [-0.2, 0) is 0 Å². The van der Waals surface area contributed by atoms with Gasteiger partial charge in [0.2, 0.25) is 0 Å². The summed E-state index contributed by atoms with van der Waals surface area (Å²) in [5.41, 5.74) is 6.95. The molecule has 0 bridgehead atoms. The van der Waals surface area contributed by atoms with Crippen molar-refractivity contribution in [2.45, 2.75) is 34.6 Å². The van der Waals surface area contributed by atoms with Gasteiger partial charge in [-0.2, -0.15) is 0 Å². The molecule has 0 aliphatic heterocycles. The van der Waals surface area contributed by atoms with Crippen molar-refractivity contribution >= 4 is 17.1 Å². The standard InChI is InChI=1S/C29H29NO4/c1-17-6-9-24(16-29(17)33)34-23-10-7-22(8-11-23)30(25-12-20(4)27(31)14-18(25)2)26-13-21(5)28(32)15-19(26)3/h6-16,31-33H,1-5H3. The van der Waals surface area contributed by atoms with Gasteiger partial charge in [0, 0.05) is 23.1 Å². The second-order valence-corrected chi connectivity index (χ2v) is 8.73. The third kappa shape index (κ3) is 4.50. The molecule has 4 rings (SSSR count). The molecule has 0 amide bonds. The summed E-state index contributed by atoms with van der Waals surface area (Å²) in [6.45, 7) is 9.51. The van der Waals surface area contributed by atoms with Crippen molar-refractivity contribution < 1.29 is 20.1 Å². The van der Waals surface area contributed by atoms with Crippen molar-refractivity contribution in [1.29, 1.82) is 0 Å². The van der Waals surface area contributed by atoms with Crippen molar-refractivity contribution in [3.05, 3.63) is 94.5 Å². The number of anilines is 3. The first-order valence-corrected chi connectivity index (χ1v) is 11.1. The van der Waals surface area contributed by atoms with Crippen LogP contribution in [0.3, 0.4) is 0 Å². The van der Waals surface area contributed by atoms with Crippen molar-refractivity contribution in [1.82, 2.24) is 0 Å². The van der Waals surface area contributed by atoms with E-state index in [9.17, 15) is 15.3 Å². The topological polar surface area (TPSA) is 73.2 Å². The zero-order valence-corrected chi connectivity index (χ0v) is 20.0. The maximum atomic E-state index is 10.2. The van der Waals surface area contributed by atoms with Crippen LogP contribution in [0.5, 0.6) is 28.7 Å².